The Labute approximate surface area is 503 Å². The van der Waals surface area contributed by atoms with Gasteiger partial charge in [0.25, 0.3) is 0 Å². The Morgan fingerprint density at radius 2 is 0.709 bits per heavy atom. The predicted molar refractivity (Wildman–Crippen MR) is 322 cm³/mol. The van der Waals surface area contributed by atoms with Gasteiger partial charge in [-0.05, 0) is 59.9 Å². The number of carbonyl (C=O) groups is 8. The number of carboxylic acids is 4. The number of benzene rings is 5. The van der Waals surface area contributed by atoms with Crippen molar-refractivity contribution in [2.24, 2.45) is 23.7 Å². The first-order valence-electron chi connectivity index (χ1n) is 27.5. The van der Waals surface area contributed by atoms with Crippen LogP contribution >= 0.6 is 14.7 Å². The monoisotopic (exact) mass is 1230 g/mol. The normalized spacial score (nSPS) is 13.8. The number of carbonyl (C=O) groups excluding carboxylic acids is 4. The molecule has 0 radical (unpaired) electrons. The van der Waals surface area contributed by atoms with Crippen LogP contribution in [-0.4, -0.2) is 97.7 Å². The lowest BCUT2D eigenvalue weighted by Crippen LogP contribution is -2.28. The maximum atomic E-state index is 15.7. The van der Waals surface area contributed by atoms with Gasteiger partial charge in [0.05, 0.1) is 29.8 Å². The van der Waals surface area contributed by atoms with Crippen LogP contribution in [0.3, 0.4) is 0 Å². The quantitative estimate of drug-likeness (QED) is 0.0140. The van der Waals surface area contributed by atoms with E-state index in [2.05, 4.69) is 0 Å². The van der Waals surface area contributed by atoms with E-state index in [4.69, 9.17) is 43.9 Å². The van der Waals surface area contributed by atoms with E-state index in [-0.39, 0.29) is 92.1 Å². The fourth-order valence-electron chi connectivity index (χ4n) is 8.68. The predicted octanol–water partition coefficient (Wildman–Crippen LogP) is 12.2. The van der Waals surface area contributed by atoms with E-state index in [9.17, 15) is 47.8 Å². The summed E-state index contributed by atoms with van der Waals surface area (Å²) >= 11 is 0. The zero-order chi connectivity index (χ0) is 61.3. The molecule has 5 aromatic rings. The Hall–Kier alpha value is -7.76. The molecular weight excluding hydrogens is 1150 g/mol. The average molecular weight is 1230 g/mol. The topological polar surface area (TPSA) is 318 Å². The molecule has 0 aliphatic rings. The van der Waals surface area contributed by atoms with Crippen LogP contribution in [0.2, 0.25) is 0 Å². The molecule has 0 spiro atoms. The van der Waals surface area contributed by atoms with Crippen LogP contribution in [-0.2, 0) is 97.4 Å². The van der Waals surface area contributed by atoms with E-state index in [1.165, 1.54) is 0 Å². The van der Waals surface area contributed by atoms with Crippen molar-refractivity contribution in [3.05, 3.63) is 179 Å². The van der Waals surface area contributed by atoms with E-state index >= 15 is 4.57 Å². The molecule has 5 aromatic carbocycles. The second kappa shape index (κ2) is 39.8. The Morgan fingerprint density at radius 3 is 1.01 bits per heavy atom. The maximum Gasteiger partial charge on any atom is 0.309 e. The van der Waals surface area contributed by atoms with Crippen LogP contribution in [0.25, 0.3) is 0 Å². The summed E-state index contributed by atoms with van der Waals surface area (Å²) in [5.41, 5.74) is 3.91. The molecule has 0 bridgehead atoms. The summed E-state index contributed by atoms with van der Waals surface area (Å²) in [6.07, 6.45) is -3.79. The van der Waals surface area contributed by atoms with E-state index in [1.54, 1.807) is 0 Å². The minimum Gasteiger partial charge on any atom is -0.481 e. The van der Waals surface area contributed by atoms with Gasteiger partial charge >= 0.3 is 47.8 Å². The molecule has 0 saturated heterocycles. The van der Waals surface area contributed by atoms with Gasteiger partial charge in [-0.2, -0.15) is 0 Å². The molecule has 22 heteroatoms. The lowest BCUT2D eigenvalue weighted by Gasteiger charge is -2.30. The van der Waals surface area contributed by atoms with Gasteiger partial charge in [0.15, 0.2) is 0 Å². The molecule has 0 amide bonds. The van der Waals surface area contributed by atoms with Gasteiger partial charge in [-0.25, -0.2) is 0 Å². The van der Waals surface area contributed by atoms with E-state index in [0.717, 1.165) is 27.8 Å². The van der Waals surface area contributed by atoms with Gasteiger partial charge < -0.3 is 48.8 Å². The molecule has 5 N–H and O–H groups in total. The van der Waals surface area contributed by atoms with Crippen molar-refractivity contribution >= 4 is 62.5 Å². The highest BCUT2D eigenvalue weighted by Crippen LogP contribution is 2.56. The molecule has 0 aromatic heterocycles. The number of esters is 4. The first-order valence-corrected chi connectivity index (χ1v) is 31.5. The summed E-state index contributed by atoms with van der Waals surface area (Å²) in [5.74, 6) is -12.7. The van der Waals surface area contributed by atoms with Crippen molar-refractivity contribution in [3.63, 3.8) is 0 Å². The molecule has 0 heterocycles. The molecule has 86 heavy (non-hydrogen) atoms. The molecule has 5 atom stereocenters. The largest absolute Gasteiger partial charge is 0.481 e. The first kappa shape index (κ1) is 74.3. The van der Waals surface area contributed by atoms with Gasteiger partial charge in [-0.15, -0.1) is 0 Å². The Balaban J connectivity index is 0.000000855. The SMILES string of the molecule is C.C.CCC[C@@H](OP(=O)(CC(CCC(=O)OCc1ccccc1)C(=O)OCc1ccccc1)CC(CCC(=O)OCc1ccccc1)C(=O)OCc1ccccc1)c1ccccc1.O=C(O)CCC(CP(=O)(O)CC(CCC(=O)O)C(=O)O)C(=O)O. The van der Waals surface area contributed by atoms with Crippen LogP contribution in [0.5, 0.6) is 0 Å². The molecule has 0 aliphatic heterocycles. The number of rotatable bonds is 37. The Morgan fingerprint density at radius 1 is 0.407 bits per heavy atom. The smallest absolute Gasteiger partial charge is 0.309 e. The highest BCUT2D eigenvalue weighted by molar-refractivity contribution is 7.59. The molecule has 20 nitrogen and oxygen atoms in total. The van der Waals surface area contributed by atoms with Crippen molar-refractivity contribution in [1.82, 2.24) is 0 Å². The minimum atomic E-state index is -4.18. The highest BCUT2D eigenvalue weighted by atomic mass is 31.2. The summed E-state index contributed by atoms with van der Waals surface area (Å²) in [5, 5.41) is 34.9. The Kier molecular flexibility index (Phi) is 34.4. The third-order valence-electron chi connectivity index (χ3n) is 13.2. The third kappa shape index (κ3) is 29.9. The van der Waals surface area contributed by atoms with E-state index < -0.39 is 117 Å². The highest BCUT2D eigenvalue weighted by Gasteiger charge is 2.40. The number of carboxylic acid groups (broad SMARTS) is 4. The first-order chi connectivity index (χ1) is 40.1. The fraction of sp³-hybridized carbons (Fsp3) is 0.406. The maximum absolute atomic E-state index is 15.7. The van der Waals surface area contributed by atoms with Crippen molar-refractivity contribution in [2.45, 2.75) is 119 Å². The van der Waals surface area contributed by atoms with Crippen LogP contribution in [0.4, 0.5) is 0 Å². The number of hydrogen-bond donors (Lipinski definition) is 5. The van der Waals surface area contributed by atoms with Gasteiger partial charge in [0.1, 0.15) is 26.4 Å². The molecular formula is C64H82O20P2. The zero-order valence-electron chi connectivity index (χ0n) is 46.8. The van der Waals surface area contributed by atoms with Crippen molar-refractivity contribution in [1.29, 1.82) is 0 Å². The number of aliphatic carboxylic acids is 4. The summed E-state index contributed by atoms with van der Waals surface area (Å²) in [4.78, 5) is 107. The van der Waals surface area contributed by atoms with Crippen LogP contribution in [0.15, 0.2) is 152 Å². The standard InChI is InChI=1S/C50H55O10P.C12H19O10P.2CH4/c1-2-18-46(43-27-16-7-17-28-43)60-61(55,37-44(49(53)58-35-41-23-12-5-13-24-41)29-31-47(51)56-33-39-19-8-3-9-20-39)38-45(50(54)59-36-42-25-14-6-15-26-42)30-32-48(52)57-34-40-21-10-4-11-22-40;13-9(14)3-1-7(11(17)18)5-23(21,22)6-8(12(19)20)2-4-10(15)16;;/h3-17,19-28,44-46H,2,18,29-38H2,1H3;7-8H,1-6H2,(H,13,14)(H,15,16)(H,17,18)(H,19,20)(H,21,22);2*1H4/t44?,45?,46-,61?;;;/m1.../s1. The number of hydrogen-bond acceptors (Lipinski definition) is 15. The molecule has 5 rings (SSSR count). The van der Waals surface area contributed by atoms with Crippen molar-refractivity contribution in [2.75, 3.05) is 24.6 Å². The Bertz CT molecular complexity index is 2780. The summed E-state index contributed by atoms with van der Waals surface area (Å²) in [6.45, 7) is 2.02. The third-order valence-corrected chi connectivity index (χ3v) is 17.8. The van der Waals surface area contributed by atoms with Gasteiger partial charge in [0, 0.05) is 50.3 Å². The molecule has 0 aliphatic carbocycles. The van der Waals surface area contributed by atoms with Crippen LogP contribution < -0.4 is 0 Å². The van der Waals surface area contributed by atoms with Crippen molar-refractivity contribution < 1.29 is 96.3 Å². The van der Waals surface area contributed by atoms with Crippen LogP contribution in [0.1, 0.15) is 120 Å². The molecule has 0 saturated carbocycles. The minimum absolute atomic E-state index is 0. The number of ether oxygens (including phenoxy) is 4. The zero-order valence-corrected chi connectivity index (χ0v) is 48.6. The fourth-order valence-corrected chi connectivity index (χ4v) is 13.9. The summed E-state index contributed by atoms with van der Waals surface area (Å²) < 4.78 is 57.1. The summed E-state index contributed by atoms with van der Waals surface area (Å²) in [6, 6.07) is 46.2. The average Bonchev–Trinajstić information content (AvgIpc) is 2.26. The van der Waals surface area contributed by atoms with E-state index in [0.29, 0.717) is 12.8 Å². The lowest BCUT2D eigenvalue weighted by atomic mass is 10.1. The van der Waals surface area contributed by atoms with Crippen molar-refractivity contribution in [3.8, 4) is 0 Å². The van der Waals surface area contributed by atoms with Gasteiger partial charge in [-0.1, -0.05) is 180 Å². The second-order valence-corrected chi connectivity index (χ2v) is 25.1. The molecule has 468 valence electrons. The lowest BCUT2D eigenvalue weighted by molar-refractivity contribution is -0.151. The molecule has 4 unspecified atom stereocenters. The van der Waals surface area contributed by atoms with Gasteiger partial charge in [0.2, 0.25) is 14.7 Å². The van der Waals surface area contributed by atoms with E-state index in [1.807, 2.05) is 159 Å². The van der Waals surface area contributed by atoms with Crippen LogP contribution in [0, 0.1) is 23.7 Å². The molecule has 0 fully saturated rings. The van der Waals surface area contributed by atoms with Gasteiger partial charge in [-0.3, -0.25) is 47.5 Å². The second-order valence-electron chi connectivity index (χ2n) is 20.1. The summed E-state index contributed by atoms with van der Waals surface area (Å²) in [7, 11) is -8.21.